The van der Waals surface area contributed by atoms with Crippen LogP contribution in [-0.2, 0) is 14.3 Å². The molecule has 0 N–H and O–H groups in total. The minimum absolute atomic E-state index is 0.138. The van der Waals surface area contributed by atoms with Crippen LogP contribution in [0.4, 0.5) is 4.79 Å². The van der Waals surface area contributed by atoms with Crippen molar-refractivity contribution in [3.05, 3.63) is 12.3 Å². The maximum atomic E-state index is 10.9. The molecule has 0 atom stereocenters. The second kappa shape index (κ2) is 7.70. The first-order valence-corrected chi connectivity index (χ1v) is 6.00. The summed E-state index contributed by atoms with van der Waals surface area (Å²) in [4.78, 5) is 22.6. The topological polar surface area (TPSA) is 55.8 Å². The molecular formula is C12H19NO4. The van der Waals surface area contributed by atoms with Gasteiger partial charge in [0.25, 0.3) is 0 Å². The highest BCUT2D eigenvalue weighted by atomic mass is 16.6. The van der Waals surface area contributed by atoms with Gasteiger partial charge in [-0.05, 0) is 12.5 Å². The molecule has 0 aromatic carbocycles. The Balaban J connectivity index is 0.000000202. The quantitative estimate of drug-likeness (QED) is 0.558. The van der Waals surface area contributed by atoms with Crippen molar-refractivity contribution in [2.75, 3.05) is 19.7 Å². The van der Waals surface area contributed by atoms with Gasteiger partial charge in [-0.2, -0.15) is 0 Å². The van der Waals surface area contributed by atoms with Crippen LogP contribution in [0.2, 0.25) is 0 Å². The van der Waals surface area contributed by atoms with Gasteiger partial charge < -0.3 is 14.4 Å². The Morgan fingerprint density at radius 2 is 2.18 bits per heavy atom. The van der Waals surface area contributed by atoms with Crippen LogP contribution in [0.25, 0.3) is 0 Å². The first-order valence-electron chi connectivity index (χ1n) is 6.00. The number of unbranched alkanes of at least 4 members (excludes halogenated alkanes) is 2. The molecule has 5 heteroatoms. The van der Waals surface area contributed by atoms with Gasteiger partial charge in [0, 0.05) is 6.54 Å². The molecule has 2 aliphatic rings. The number of esters is 1. The van der Waals surface area contributed by atoms with Crippen LogP contribution in [0.15, 0.2) is 12.3 Å². The van der Waals surface area contributed by atoms with E-state index in [1.165, 1.54) is 19.1 Å². The second-order valence-electron chi connectivity index (χ2n) is 3.87. The SMILES string of the molecule is CCCCCN1CCOC1=O.O=C1CC=CO1. The fourth-order valence-electron chi connectivity index (χ4n) is 1.50. The molecule has 1 saturated heterocycles. The monoisotopic (exact) mass is 241 g/mol. The highest BCUT2D eigenvalue weighted by Gasteiger charge is 2.20. The zero-order valence-corrected chi connectivity index (χ0v) is 10.2. The molecular weight excluding hydrogens is 222 g/mol. The van der Waals surface area contributed by atoms with Crippen LogP contribution < -0.4 is 0 Å². The van der Waals surface area contributed by atoms with E-state index in [0.29, 0.717) is 13.0 Å². The first-order chi connectivity index (χ1) is 8.24. The lowest BCUT2D eigenvalue weighted by atomic mass is 10.2. The van der Waals surface area contributed by atoms with Crippen LogP contribution >= 0.6 is 0 Å². The summed E-state index contributed by atoms with van der Waals surface area (Å²) < 4.78 is 9.12. The van der Waals surface area contributed by atoms with E-state index in [4.69, 9.17) is 4.74 Å². The van der Waals surface area contributed by atoms with Crippen molar-refractivity contribution >= 4 is 12.1 Å². The van der Waals surface area contributed by atoms with E-state index in [1.807, 2.05) is 0 Å². The summed E-state index contributed by atoms with van der Waals surface area (Å²) in [6.45, 7) is 4.38. The van der Waals surface area contributed by atoms with Crippen molar-refractivity contribution in [2.45, 2.75) is 32.6 Å². The van der Waals surface area contributed by atoms with Gasteiger partial charge in [-0.1, -0.05) is 19.8 Å². The molecule has 1 fully saturated rings. The zero-order valence-electron chi connectivity index (χ0n) is 10.2. The molecule has 0 radical (unpaired) electrons. The Morgan fingerprint density at radius 1 is 1.35 bits per heavy atom. The van der Waals surface area contributed by atoms with Crippen LogP contribution in [-0.4, -0.2) is 36.7 Å². The standard InChI is InChI=1S/C8H15NO2.C4H4O2/c1-2-3-4-5-9-6-7-11-8(9)10;5-4-2-1-3-6-4/h2-7H2,1H3;1,3H,2H2. The normalized spacial score (nSPS) is 17.6. The smallest absolute Gasteiger partial charge is 0.409 e. The third kappa shape index (κ3) is 5.38. The Hall–Kier alpha value is -1.52. The van der Waals surface area contributed by atoms with Gasteiger partial charge in [0.05, 0.1) is 19.2 Å². The molecule has 2 heterocycles. The highest BCUT2D eigenvalue weighted by molar-refractivity contribution is 5.73. The molecule has 0 aromatic heterocycles. The largest absolute Gasteiger partial charge is 0.448 e. The Labute approximate surface area is 101 Å². The molecule has 1 amide bonds. The molecule has 0 aromatic rings. The Kier molecular flexibility index (Phi) is 6.14. The van der Waals surface area contributed by atoms with Gasteiger partial charge >= 0.3 is 12.1 Å². The molecule has 0 bridgehead atoms. The van der Waals surface area contributed by atoms with Gasteiger partial charge in [0.1, 0.15) is 6.61 Å². The highest BCUT2D eigenvalue weighted by Crippen LogP contribution is 2.05. The van der Waals surface area contributed by atoms with Crippen molar-refractivity contribution in [3.8, 4) is 0 Å². The average molecular weight is 241 g/mol. The number of ether oxygens (including phenoxy) is 2. The predicted molar refractivity (Wildman–Crippen MR) is 62.3 cm³/mol. The molecule has 0 spiro atoms. The summed E-state index contributed by atoms with van der Waals surface area (Å²) in [5, 5.41) is 0. The Morgan fingerprint density at radius 3 is 2.59 bits per heavy atom. The minimum atomic E-state index is -0.157. The second-order valence-corrected chi connectivity index (χ2v) is 3.87. The Bertz CT molecular complexity index is 278. The number of hydrogen-bond donors (Lipinski definition) is 0. The van der Waals surface area contributed by atoms with Crippen molar-refractivity contribution in [1.29, 1.82) is 0 Å². The van der Waals surface area contributed by atoms with Crippen LogP contribution in [0.3, 0.4) is 0 Å². The van der Waals surface area contributed by atoms with E-state index in [9.17, 15) is 9.59 Å². The summed E-state index contributed by atoms with van der Waals surface area (Å²) in [5.74, 6) is -0.157. The number of carbonyl (C=O) groups is 2. The first kappa shape index (κ1) is 13.5. The summed E-state index contributed by atoms with van der Waals surface area (Å²) in [6, 6.07) is 0. The fourth-order valence-corrected chi connectivity index (χ4v) is 1.50. The molecule has 17 heavy (non-hydrogen) atoms. The summed E-state index contributed by atoms with van der Waals surface area (Å²) in [6.07, 6.45) is 6.89. The maximum absolute atomic E-state index is 10.9. The number of nitrogens with zero attached hydrogens (tertiary/aromatic N) is 1. The van der Waals surface area contributed by atoms with Gasteiger partial charge in [-0.15, -0.1) is 0 Å². The molecule has 0 saturated carbocycles. The maximum Gasteiger partial charge on any atom is 0.409 e. The van der Waals surface area contributed by atoms with Gasteiger partial charge in [0.15, 0.2) is 0 Å². The van der Waals surface area contributed by atoms with E-state index in [0.717, 1.165) is 19.5 Å². The molecule has 0 unspecified atom stereocenters. The number of rotatable bonds is 4. The molecule has 0 aliphatic carbocycles. The number of cyclic esters (lactones) is 2. The van der Waals surface area contributed by atoms with Gasteiger partial charge in [0.2, 0.25) is 0 Å². The average Bonchev–Trinajstić information content (AvgIpc) is 2.92. The molecule has 2 rings (SSSR count). The fraction of sp³-hybridized carbons (Fsp3) is 0.667. The summed E-state index contributed by atoms with van der Waals surface area (Å²) in [5.41, 5.74) is 0. The predicted octanol–water partition coefficient (Wildman–Crippen LogP) is 2.08. The van der Waals surface area contributed by atoms with Crippen molar-refractivity contribution in [3.63, 3.8) is 0 Å². The molecule has 2 aliphatic heterocycles. The summed E-state index contributed by atoms with van der Waals surface area (Å²) in [7, 11) is 0. The summed E-state index contributed by atoms with van der Waals surface area (Å²) >= 11 is 0. The van der Waals surface area contributed by atoms with Crippen LogP contribution in [0.5, 0.6) is 0 Å². The van der Waals surface area contributed by atoms with Gasteiger partial charge in [-0.25, -0.2) is 4.79 Å². The van der Waals surface area contributed by atoms with Crippen molar-refractivity contribution < 1.29 is 19.1 Å². The third-order valence-electron chi connectivity index (χ3n) is 2.46. The minimum Gasteiger partial charge on any atom is -0.448 e. The lowest BCUT2D eigenvalue weighted by Crippen LogP contribution is -2.25. The third-order valence-corrected chi connectivity index (χ3v) is 2.46. The van der Waals surface area contributed by atoms with Gasteiger partial charge in [-0.3, -0.25) is 4.79 Å². The van der Waals surface area contributed by atoms with E-state index < -0.39 is 0 Å². The van der Waals surface area contributed by atoms with E-state index in [1.54, 1.807) is 11.0 Å². The number of carbonyl (C=O) groups excluding carboxylic acids is 2. The van der Waals surface area contributed by atoms with Crippen LogP contribution in [0, 0.1) is 0 Å². The zero-order chi connectivity index (χ0) is 12.5. The van der Waals surface area contributed by atoms with Crippen LogP contribution in [0.1, 0.15) is 32.6 Å². The van der Waals surface area contributed by atoms with E-state index in [-0.39, 0.29) is 12.1 Å². The van der Waals surface area contributed by atoms with E-state index in [2.05, 4.69) is 11.7 Å². The van der Waals surface area contributed by atoms with Crippen molar-refractivity contribution in [2.24, 2.45) is 0 Å². The number of hydrogen-bond acceptors (Lipinski definition) is 4. The number of amides is 1. The van der Waals surface area contributed by atoms with Crippen molar-refractivity contribution in [1.82, 2.24) is 4.90 Å². The molecule has 5 nitrogen and oxygen atoms in total. The lowest BCUT2D eigenvalue weighted by Gasteiger charge is -2.10. The van der Waals surface area contributed by atoms with E-state index >= 15 is 0 Å². The molecule has 96 valence electrons. The lowest BCUT2D eigenvalue weighted by molar-refractivity contribution is -0.135.